The van der Waals surface area contributed by atoms with Crippen LogP contribution >= 0.6 is 0 Å². The van der Waals surface area contributed by atoms with E-state index in [1.54, 1.807) is 7.11 Å². The first kappa shape index (κ1) is 9.93. The number of carbonyl (C=O) groups excluding carboxylic acids is 1. The minimum Gasteiger partial charge on any atom is -0.384 e. The highest BCUT2D eigenvalue weighted by Crippen LogP contribution is 2.27. The van der Waals surface area contributed by atoms with Gasteiger partial charge in [0.1, 0.15) is 0 Å². The Morgan fingerprint density at radius 1 is 1.57 bits per heavy atom. The fourth-order valence-corrected chi connectivity index (χ4v) is 2.49. The molecule has 2 rings (SSSR count). The van der Waals surface area contributed by atoms with E-state index in [4.69, 9.17) is 4.74 Å². The predicted octanol–water partition coefficient (Wildman–Crippen LogP) is -0.157. The lowest BCUT2D eigenvalue weighted by atomic mass is 10.1. The molecular formula is C10H18N2O2. The summed E-state index contributed by atoms with van der Waals surface area (Å²) >= 11 is 0. The summed E-state index contributed by atoms with van der Waals surface area (Å²) in [7, 11) is 1.64. The molecule has 80 valence electrons. The summed E-state index contributed by atoms with van der Waals surface area (Å²) in [6.45, 7) is 3.54. The summed E-state index contributed by atoms with van der Waals surface area (Å²) in [4.78, 5) is 13.8. The van der Waals surface area contributed by atoms with E-state index >= 15 is 0 Å². The first-order valence-electron chi connectivity index (χ1n) is 5.32. The second-order valence-electron chi connectivity index (χ2n) is 4.10. The van der Waals surface area contributed by atoms with Gasteiger partial charge in [0.25, 0.3) is 0 Å². The second kappa shape index (κ2) is 4.28. The number of nitrogens with zero attached hydrogens (tertiary/aromatic N) is 1. The number of hydrogen-bond donors (Lipinski definition) is 1. The second-order valence-corrected chi connectivity index (χ2v) is 4.10. The lowest BCUT2D eigenvalue weighted by molar-refractivity contribution is -0.132. The molecule has 0 aromatic rings. The number of fused-ring (bicyclic) bond motifs is 1. The zero-order chi connectivity index (χ0) is 9.97. The van der Waals surface area contributed by atoms with Gasteiger partial charge in [-0.1, -0.05) is 0 Å². The van der Waals surface area contributed by atoms with Gasteiger partial charge in [-0.05, 0) is 12.3 Å². The largest absolute Gasteiger partial charge is 0.384 e. The van der Waals surface area contributed by atoms with E-state index in [1.807, 2.05) is 4.90 Å². The third kappa shape index (κ3) is 1.77. The first-order chi connectivity index (χ1) is 6.83. The van der Waals surface area contributed by atoms with Crippen molar-refractivity contribution in [2.45, 2.75) is 18.9 Å². The number of amides is 1. The zero-order valence-electron chi connectivity index (χ0n) is 8.66. The summed E-state index contributed by atoms with van der Waals surface area (Å²) in [5.74, 6) is 0.949. The van der Waals surface area contributed by atoms with Gasteiger partial charge in [0, 0.05) is 32.8 Å². The molecule has 2 fully saturated rings. The minimum atomic E-state index is 0.253. The van der Waals surface area contributed by atoms with Gasteiger partial charge in [0.2, 0.25) is 5.91 Å². The average molecular weight is 198 g/mol. The monoisotopic (exact) mass is 198 g/mol. The molecule has 0 aliphatic carbocycles. The van der Waals surface area contributed by atoms with Crippen molar-refractivity contribution < 1.29 is 9.53 Å². The molecule has 2 heterocycles. The summed E-state index contributed by atoms with van der Waals surface area (Å²) in [6, 6.07) is 0.458. The highest BCUT2D eigenvalue weighted by molar-refractivity contribution is 5.77. The molecule has 0 saturated carbocycles. The number of carbonyl (C=O) groups is 1. The molecule has 2 aliphatic heterocycles. The topological polar surface area (TPSA) is 41.6 Å². The molecule has 2 saturated heterocycles. The molecule has 0 bridgehead atoms. The van der Waals surface area contributed by atoms with Crippen LogP contribution in [0.5, 0.6) is 0 Å². The maximum Gasteiger partial charge on any atom is 0.225 e. The van der Waals surface area contributed by atoms with Gasteiger partial charge in [-0.15, -0.1) is 0 Å². The van der Waals surface area contributed by atoms with Crippen LogP contribution < -0.4 is 5.32 Å². The highest BCUT2D eigenvalue weighted by atomic mass is 16.5. The van der Waals surface area contributed by atoms with Crippen LogP contribution in [-0.2, 0) is 9.53 Å². The molecule has 0 aromatic carbocycles. The van der Waals surface area contributed by atoms with Gasteiger partial charge in [-0.3, -0.25) is 4.79 Å². The van der Waals surface area contributed by atoms with Crippen LogP contribution in [-0.4, -0.2) is 50.2 Å². The third-order valence-electron chi connectivity index (χ3n) is 3.29. The van der Waals surface area contributed by atoms with Gasteiger partial charge in [0.05, 0.1) is 13.0 Å². The van der Waals surface area contributed by atoms with Gasteiger partial charge < -0.3 is 15.0 Å². The van der Waals surface area contributed by atoms with Crippen LogP contribution in [0.15, 0.2) is 0 Å². The third-order valence-corrected chi connectivity index (χ3v) is 3.29. The van der Waals surface area contributed by atoms with E-state index in [2.05, 4.69) is 5.32 Å². The van der Waals surface area contributed by atoms with Crippen LogP contribution in [0.25, 0.3) is 0 Å². The smallest absolute Gasteiger partial charge is 0.225 e. The van der Waals surface area contributed by atoms with Crippen LogP contribution in [0.3, 0.4) is 0 Å². The molecule has 0 radical (unpaired) electrons. The molecule has 2 atom stereocenters. The lowest BCUT2D eigenvalue weighted by Gasteiger charge is -2.23. The first-order valence-corrected chi connectivity index (χ1v) is 5.32. The fraction of sp³-hybridized carbons (Fsp3) is 0.900. The van der Waals surface area contributed by atoms with Gasteiger partial charge in [-0.25, -0.2) is 0 Å². The Morgan fingerprint density at radius 2 is 2.43 bits per heavy atom. The summed E-state index contributed by atoms with van der Waals surface area (Å²) in [5.41, 5.74) is 0. The fourth-order valence-electron chi connectivity index (χ4n) is 2.49. The average Bonchev–Trinajstić information content (AvgIpc) is 2.74. The standard InChI is InChI=1S/C10H18N2O2/c1-14-5-3-10(13)12-4-2-8-6-11-7-9(8)12/h8-9,11H,2-7H2,1H3. The predicted molar refractivity (Wildman–Crippen MR) is 53.0 cm³/mol. The minimum absolute atomic E-state index is 0.253. The van der Waals surface area contributed by atoms with E-state index in [1.165, 1.54) is 0 Å². The van der Waals surface area contributed by atoms with Crippen LogP contribution in [0.1, 0.15) is 12.8 Å². The van der Waals surface area contributed by atoms with Crippen molar-refractivity contribution in [1.82, 2.24) is 10.2 Å². The number of ether oxygens (including phenoxy) is 1. The molecule has 1 N–H and O–H groups in total. The zero-order valence-corrected chi connectivity index (χ0v) is 8.66. The number of rotatable bonds is 3. The van der Waals surface area contributed by atoms with Crippen molar-refractivity contribution in [3.8, 4) is 0 Å². The van der Waals surface area contributed by atoms with Crippen LogP contribution in [0.2, 0.25) is 0 Å². The summed E-state index contributed by atoms with van der Waals surface area (Å²) in [6.07, 6.45) is 1.69. The van der Waals surface area contributed by atoms with Crippen molar-refractivity contribution in [1.29, 1.82) is 0 Å². The molecule has 14 heavy (non-hydrogen) atoms. The van der Waals surface area contributed by atoms with E-state index in [9.17, 15) is 4.79 Å². The molecule has 2 unspecified atom stereocenters. The van der Waals surface area contributed by atoms with E-state index in [0.717, 1.165) is 26.1 Å². The normalized spacial score (nSPS) is 30.8. The molecule has 4 nitrogen and oxygen atoms in total. The van der Waals surface area contributed by atoms with Crippen LogP contribution in [0, 0.1) is 5.92 Å². The van der Waals surface area contributed by atoms with Crippen molar-refractivity contribution in [3.05, 3.63) is 0 Å². The molecule has 0 spiro atoms. The van der Waals surface area contributed by atoms with Gasteiger partial charge >= 0.3 is 0 Å². The van der Waals surface area contributed by atoms with E-state index in [0.29, 0.717) is 25.0 Å². The van der Waals surface area contributed by atoms with Crippen molar-refractivity contribution >= 4 is 5.91 Å². The number of nitrogens with one attached hydrogen (secondary N) is 1. The Balaban J connectivity index is 1.88. The SMILES string of the molecule is COCCC(=O)N1CCC2CNCC21. The van der Waals surface area contributed by atoms with Gasteiger partial charge in [0.15, 0.2) is 0 Å². The van der Waals surface area contributed by atoms with E-state index in [-0.39, 0.29) is 5.91 Å². The summed E-state index contributed by atoms with van der Waals surface area (Å²) in [5, 5.41) is 3.34. The van der Waals surface area contributed by atoms with Crippen molar-refractivity contribution in [2.24, 2.45) is 5.92 Å². The van der Waals surface area contributed by atoms with Crippen molar-refractivity contribution in [2.75, 3.05) is 33.4 Å². The Hall–Kier alpha value is -0.610. The Morgan fingerprint density at radius 3 is 3.21 bits per heavy atom. The maximum absolute atomic E-state index is 11.8. The lowest BCUT2D eigenvalue weighted by Crippen LogP contribution is -2.39. The van der Waals surface area contributed by atoms with Gasteiger partial charge in [-0.2, -0.15) is 0 Å². The number of hydrogen-bond acceptors (Lipinski definition) is 3. The Kier molecular flexibility index (Phi) is 3.03. The molecule has 2 aliphatic rings. The molecule has 4 heteroatoms. The highest BCUT2D eigenvalue weighted by Gasteiger charge is 2.39. The summed E-state index contributed by atoms with van der Waals surface area (Å²) < 4.78 is 4.92. The molecule has 0 aromatic heterocycles. The van der Waals surface area contributed by atoms with Crippen molar-refractivity contribution in [3.63, 3.8) is 0 Å². The van der Waals surface area contributed by atoms with Crippen LogP contribution in [0.4, 0.5) is 0 Å². The number of likely N-dealkylation sites (tertiary alicyclic amines) is 1. The van der Waals surface area contributed by atoms with E-state index < -0.39 is 0 Å². The molecule has 1 amide bonds. The maximum atomic E-state index is 11.8. The quantitative estimate of drug-likeness (QED) is 0.685. The number of methoxy groups -OCH3 is 1. The Bertz CT molecular complexity index is 220. The molecular weight excluding hydrogens is 180 g/mol. The Labute approximate surface area is 84.6 Å².